The van der Waals surface area contributed by atoms with E-state index in [0.717, 1.165) is 24.1 Å². The third-order valence-corrected chi connectivity index (χ3v) is 3.69. The zero-order valence-corrected chi connectivity index (χ0v) is 11.8. The van der Waals surface area contributed by atoms with Crippen molar-refractivity contribution in [3.05, 3.63) is 16.8 Å². The lowest BCUT2D eigenvalue weighted by atomic mass is 10.0. The minimum Gasteiger partial charge on any atom is -0.388 e. The van der Waals surface area contributed by atoms with E-state index in [9.17, 15) is 10.4 Å². The molecule has 2 heterocycles. The van der Waals surface area contributed by atoms with Gasteiger partial charge in [-0.05, 0) is 31.7 Å². The average molecular weight is 260 g/mol. The van der Waals surface area contributed by atoms with Crippen LogP contribution >= 0.6 is 0 Å². The molecule has 1 fully saturated rings. The van der Waals surface area contributed by atoms with Gasteiger partial charge in [-0.15, -0.1) is 5.10 Å². The quantitative estimate of drug-likeness (QED) is 0.890. The van der Waals surface area contributed by atoms with E-state index in [-0.39, 0.29) is 0 Å². The van der Waals surface area contributed by atoms with Crippen molar-refractivity contribution >= 4 is 5.82 Å². The van der Waals surface area contributed by atoms with Gasteiger partial charge in [0, 0.05) is 13.1 Å². The number of aryl methyl sites for hydroxylation is 1. The highest BCUT2D eigenvalue weighted by Crippen LogP contribution is 2.29. The van der Waals surface area contributed by atoms with Crippen LogP contribution in [0.1, 0.15) is 44.0 Å². The van der Waals surface area contributed by atoms with Crippen LogP contribution in [0, 0.1) is 11.3 Å². The number of nitrogens with zero attached hydrogens (tertiary/aromatic N) is 4. The molecule has 0 radical (unpaired) electrons. The molecule has 2 rings (SSSR count). The van der Waals surface area contributed by atoms with Crippen LogP contribution in [0.15, 0.2) is 0 Å². The van der Waals surface area contributed by atoms with Gasteiger partial charge in [0.15, 0.2) is 5.82 Å². The van der Waals surface area contributed by atoms with Crippen LogP contribution in [-0.2, 0) is 12.8 Å². The monoisotopic (exact) mass is 260 g/mol. The van der Waals surface area contributed by atoms with Crippen LogP contribution in [0.4, 0.5) is 5.82 Å². The average Bonchev–Trinajstić information content (AvgIpc) is 2.76. The zero-order valence-electron chi connectivity index (χ0n) is 11.8. The van der Waals surface area contributed by atoms with Crippen LogP contribution in [0.3, 0.4) is 0 Å². The van der Waals surface area contributed by atoms with Crippen molar-refractivity contribution < 1.29 is 5.11 Å². The second-order valence-electron chi connectivity index (χ2n) is 5.31. The molecule has 0 aromatic carbocycles. The Morgan fingerprint density at radius 1 is 1.37 bits per heavy atom. The maximum absolute atomic E-state index is 10.0. The number of β-amino-alcohol motifs (C(OH)–C–C–N with tert-alkyl or cyclic N) is 1. The van der Waals surface area contributed by atoms with E-state index >= 15 is 0 Å². The predicted molar refractivity (Wildman–Crippen MR) is 73.0 cm³/mol. The van der Waals surface area contributed by atoms with Crippen molar-refractivity contribution in [2.75, 3.05) is 18.0 Å². The van der Waals surface area contributed by atoms with Gasteiger partial charge in [0.2, 0.25) is 0 Å². The van der Waals surface area contributed by atoms with Crippen molar-refractivity contribution in [1.82, 2.24) is 10.2 Å². The summed E-state index contributed by atoms with van der Waals surface area (Å²) in [6.45, 7) is 7.08. The Labute approximate surface area is 113 Å². The lowest BCUT2D eigenvalue weighted by Gasteiger charge is -2.21. The number of nitriles is 1. The molecule has 0 saturated carbocycles. The first kappa shape index (κ1) is 13.8. The number of hydrogen-bond acceptors (Lipinski definition) is 5. The molecule has 1 saturated heterocycles. The molecule has 0 spiro atoms. The van der Waals surface area contributed by atoms with E-state index < -0.39 is 5.60 Å². The third kappa shape index (κ3) is 2.54. The number of aromatic nitrogens is 2. The molecule has 1 aromatic rings. The maximum atomic E-state index is 10.0. The summed E-state index contributed by atoms with van der Waals surface area (Å²) < 4.78 is 0. The Hall–Kier alpha value is -1.67. The molecule has 1 N–H and O–H groups in total. The van der Waals surface area contributed by atoms with Crippen molar-refractivity contribution in [2.45, 2.75) is 45.6 Å². The summed E-state index contributed by atoms with van der Waals surface area (Å²) in [5, 5.41) is 27.9. The molecule has 1 unspecified atom stereocenters. The minimum absolute atomic E-state index is 0.505. The maximum Gasteiger partial charge on any atom is 0.169 e. The van der Waals surface area contributed by atoms with Crippen LogP contribution in [0.2, 0.25) is 0 Å². The summed E-state index contributed by atoms with van der Waals surface area (Å²) in [6, 6.07) is 2.27. The van der Waals surface area contributed by atoms with Crippen LogP contribution < -0.4 is 4.90 Å². The molecule has 0 aliphatic carbocycles. The van der Waals surface area contributed by atoms with Gasteiger partial charge < -0.3 is 10.0 Å². The van der Waals surface area contributed by atoms with E-state index in [0.29, 0.717) is 30.9 Å². The molecule has 1 aromatic heterocycles. The fourth-order valence-corrected chi connectivity index (χ4v) is 2.63. The molecular weight excluding hydrogens is 240 g/mol. The minimum atomic E-state index is -0.704. The van der Waals surface area contributed by atoms with Crippen molar-refractivity contribution in [1.29, 1.82) is 5.26 Å². The molecule has 5 nitrogen and oxygen atoms in total. The number of aliphatic hydroxyl groups is 1. The molecule has 5 heteroatoms. The Balaban J connectivity index is 2.45. The lowest BCUT2D eigenvalue weighted by Crippen LogP contribution is -2.31. The SMILES string of the molecule is CCc1nnc(N2CCC(C)(O)C2)c(C#N)c1CC. The van der Waals surface area contributed by atoms with E-state index in [2.05, 4.69) is 16.3 Å². The van der Waals surface area contributed by atoms with Crippen molar-refractivity contribution in [2.24, 2.45) is 0 Å². The fourth-order valence-electron chi connectivity index (χ4n) is 2.63. The van der Waals surface area contributed by atoms with Gasteiger partial charge in [-0.1, -0.05) is 13.8 Å². The molecule has 0 amide bonds. The van der Waals surface area contributed by atoms with Gasteiger partial charge >= 0.3 is 0 Å². The molecule has 1 atom stereocenters. The van der Waals surface area contributed by atoms with E-state index in [4.69, 9.17) is 0 Å². The largest absolute Gasteiger partial charge is 0.388 e. The predicted octanol–water partition coefficient (Wildman–Crippen LogP) is 1.43. The van der Waals surface area contributed by atoms with Crippen LogP contribution in [-0.4, -0.2) is 34.0 Å². The first-order valence-electron chi connectivity index (χ1n) is 6.78. The Morgan fingerprint density at radius 2 is 2.11 bits per heavy atom. The molecule has 0 bridgehead atoms. The Kier molecular flexibility index (Phi) is 3.72. The van der Waals surface area contributed by atoms with E-state index in [1.165, 1.54) is 0 Å². The number of hydrogen-bond donors (Lipinski definition) is 1. The van der Waals surface area contributed by atoms with Crippen molar-refractivity contribution in [3.8, 4) is 6.07 Å². The number of rotatable bonds is 3. The van der Waals surface area contributed by atoms with Crippen LogP contribution in [0.5, 0.6) is 0 Å². The van der Waals surface area contributed by atoms with Crippen LogP contribution in [0.25, 0.3) is 0 Å². The van der Waals surface area contributed by atoms with Crippen molar-refractivity contribution in [3.63, 3.8) is 0 Å². The van der Waals surface area contributed by atoms with Gasteiger partial charge in [-0.3, -0.25) is 0 Å². The van der Waals surface area contributed by atoms with Gasteiger partial charge in [-0.2, -0.15) is 10.4 Å². The third-order valence-electron chi connectivity index (χ3n) is 3.69. The fraction of sp³-hybridized carbons (Fsp3) is 0.643. The molecule has 102 valence electrons. The van der Waals surface area contributed by atoms with E-state index in [1.54, 1.807) is 0 Å². The van der Waals surface area contributed by atoms with Gasteiger partial charge in [-0.25, -0.2) is 0 Å². The second-order valence-corrected chi connectivity index (χ2v) is 5.31. The summed E-state index contributed by atoms with van der Waals surface area (Å²) in [5.74, 6) is 0.620. The molecule has 1 aliphatic heterocycles. The summed E-state index contributed by atoms with van der Waals surface area (Å²) >= 11 is 0. The van der Waals surface area contributed by atoms with E-state index in [1.807, 2.05) is 25.7 Å². The first-order chi connectivity index (χ1) is 9.02. The van der Waals surface area contributed by atoms with Gasteiger partial charge in [0.25, 0.3) is 0 Å². The highest BCUT2D eigenvalue weighted by molar-refractivity contribution is 5.58. The standard InChI is InChI=1S/C14H20N4O/c1-4-10-11(8-15)13(17-16-12(10)5-2)18-7-6-14(3,19)9-18/h19H,4-7,9H2,1-3H3. The zero-order chi connectivity index (χ0) is 14.0. The molecule has 1 aliphatic rings. The molecular formula is C14H20N4O. The summed E-state index contributed by atoms with van der Waals surface area (Å²) in [6.07, 6.45) is 2.25. The van der Waals surface area contributed by atoms with Gasteiger partial charge in [0.05, 0.1) is 11.3 Å². The summed E-state index contributed by atoms with van der Waals surface area (Å²) in [5.41, 5.74) is 1.80. The first-order valence-corrected chi connectivity index (χ1v) is 6.78. The highest BCUT2D eigenvalue weighted by Gasteiger charge is 2.34. The second kappa shape index (κ2) is 5.14. The summed E-state index contributed by atoms with van der Waals surface area (Å²) in [7, 11) is 0. The Bertz CT molecular complexity index is 519. The highest BCUT2D eigenvalue weighted by atomic mass is 16.3. The lowest BCUT2D eigenvalue weighted by molar-refractivity contribution is 0.0839. The normalized spacial score (nSPS) is 22.6. The smallest absolute Gasteiger partial charge is 0.169 e. The van der Waals surface area contributed by atoms with Gasteiger partial charge in [0.1, 0.15) is 11.6 Å². The topological polar surface area (TPSA) is 73.0 Å². The Morgan fingerprint density at radius 3 is 2.58 bits per heavy atom. The number of anilines is 1. The molecule has 19 heavy (non-hydrogen) atoms. The summed E-state index contributed by atoms with van der Waals surface area (Å²) in [4.78, 5) is 1.96.